The van der Waals surface area contributed by atoms with Crippen molar-refractivity contribution in [3.05, 3.63) is 29.1 Å². The standard InChI is InChI=1S/C13H14N2O3S/c1-3-18-13(16)12-10(14)11(15-19-12)8-4-6-9(17-2)7-5-8/h4-7H,3,14H2,1-2H3. The molecule has 1 heterocycles. The third-order valence-electron chi connectivity index (χ3n) is 2.55. The van der Waals surface area contributed by atoms with E-state index >= 15 is 0 Å². The van der Waals surface area contributed by atoms with Crippen LogP contribution in [0.3, 0.4) is 0 Å². The Bertz CT molecular complexity index is 578. The smallest absolute Gasteiger partial charge is 0.352 e. The van der Waals surface area contributed by atoms with Gasteiger partial charge in [0.15, 0.2) is 4.88 Å². The van der Waals surface area contributed by atoms with Gasteiger partial charge in [0.25, 0.3) is 0 Å². The third-order valence-corrected chi connectivity index (χ3v) is 3.40. The fourth-order valence-electron chi connectivity index (χ4n) is 1.60. The number of hydrogen-bond donors (Lipinski definition) is 1. The first-order valence-corrected chi connectivity index (χ1v) is 6.51. The van der Waals surface area contributed by atoms with Crippen LogP contribution in [-0.2, 0) is 4.74 Å². The number of methoxy groups -OCH3 is 1. The Hall–Kier alpha value is -2.08. The molecular formula is C13H14N2O3S. The number of hydrogen-bond acceptors (Lipinski definition) is 6. The van der Waals surface area contributed by atoms with Gasteiger partial charge in [0, 0.05) is 5.56 Å². The van der Waals surface area contributed by atoms with Crippen molar-refractivity contribution in [1.29, 1.82) is 0 Å². The van der Waals surface area contributed by atoms with Gasteiger partial charge >= 0.3 is 5.97 Å². The zero-order valence-corrected chi connectivity index (χ0v) is 11.5. The van der Waals surface area contributed by atoms with Crippen molar-refractivity contribution < 1.29 is 14.3 Å². The van der Waals surface area contributed by atoms with Crippen LogP contribution in [-0.4, -0.2) is 24.1 Å². The molecule has 0 saturated heterocycles. The summed E-state index contributed by atoms with van der Waals surface area (Å²) in [6.45, 7) is 2.06. The van der Waals surface area contributed by atoms with Crippen LogP contribution in [0.5, 0.6) is 5.75 Å². The molecule has 5 nitrogen and oxygen atoms in total. The molecule has 0 saturated carbocycles. The normalized spacial score (nSPS) is 10.2. The van der Waals surface area contributed by atoms with Crippen LogP contribution in [0, 0.1) is 0 Å². The monoisotopic (exact) mass is 278 g/mol. The molecule has 1 aromatic heterocycles. The lowest BCUT2D eigenvalue weighted by atomic mass is 10.1. The van der Waals surface area contributed by atoms with E-state index in [1.54, 1.807) is 14.0 Å². The Morgan fingerprint density at radius 2 is 2.05 bits per heavy atom. The summed E-state index contributed by atoms with van der Waals surface area (Å²) in [6.07, 6.45) is 0. The molecule has 0 aliphatic carbocycles. The van der Waals surface area contributed by atoms with E-state index in [-0.39, 0.29) is 0 Å². The van der Waals surface area contributed by atoms with Crippen LogP contribution < -0.4 is 10.5 Å². The van der Waals surface area contributed by atoms with Crippen LogP contribution in [0.15, 0.2) is 24.3 Å². The number of esters is 1. The lowest BCUT2D eigenvalue weighted by Crippen LogP contribution is -2.05. The van der Waals surface area contributed by atoms with E-state index in [1.165, 1.54) is 0 Å². The maximum Gasteiger partial charge on any atom is 0.352 e. The SMILES string of the molecule is CCOC(=O)c1snc(-c2ccc(OC)cc2)c1N. The second-order valence-electron chi connectivity index (χ2n) is 3.72. The summed E-state index contributed by atoms with van der Waals surface area (Å²) in [5.74, 6) is 0.320. The predicted molar refractivity (Wildman–Crippen MR) is 74.5 cm³/mol. The van der Waals surface area contributed by atoms with E-state index in [9.17, 15) is 4.79 Å². The molecule has 2 rings (SSSR count). The van der Waals surface area contributed by atoms with Crippen molar-refractivity contribution in [2.24, 2.45) is 0 Å². The average molecular weight is 278 g/mol. The summed E-state index contributed by atoms with van der Waals surface area (Å²) in [5.41, 5.74) is 7.74. The van der Waals surface area contributed by atoms with Crippen molar-refractivity contribution in [3.63, 3.8) is 0 Å². The lowest BCUT2D eigenvalue weighted by Gasteiger charge is -2.03. The number of benzene rings is 1. The highest BCUT2D eigenvalue weighted by molar-refractivity contribution is 7.09. The summed E-state index contributed by atoms with van der Waals surface area (Å²) in [6, 6.07) is 7.33. The Morgan fingerprint density at radius 1 is 1.37 bits per heavy atom. The van der Waals surface area contributed by atoms with Crippen LogP contribution in [0.25, 0.3) is 11.3 Å². The number of nitrogens with zero attached hydrogens (tertiary/aromatic N) is 1. The van der Waals surface area contributed by atoms with Crippen LogP contribution in [0.4, 0.5) is 5.69 Å². The van der Waals surface area contributed by atoms with Gasteiger partial charge < -0.3 is 15.2 Å². The van der Waals surface area contributed by atoms with Gasteiger partial charge in [-0.15, -0.1) is 0 Å². The van der Waals surface area contributed by atoms with Gasteiger partial charge in [-0.3, -0.25) is 0 Å². The van der Waals surface area contributed by atoms with E-state index in [0.29, 0.717) is 22.9 Å². The van der Waals surface area contributed by atoms with E-state index in [2.05, 4.69) is 4.37 Å². The minimum atomic E-state index is -0.433. The summed E-state index contributed by atoms with van der Waals surface area (Å²) >= 11 is 1.05. The second-order valence-corrected chi connectivity index (χ2v) is 4.50. The Kier molecular flexibility index (Phi) is 4.01. The molecule has 100 valence electrons. The summed E-state index contributed by atoms with van der Waals surface area (Å²) in [5, 5.41) is 0. The van der Waals surface area contributed by atoms with Gasteiger partial charge in [0.1, 0.15) is 11.4 Å². The van der Waals surface area contributed by atoms with Crippen molar-refractivity contribution in [3.8, 4) is 17.0 Å². The van der Waals surface area contributed by atoms with E-state index in [4.69, 9.17) is 15.2 Å². The molecule has 2 aromatic rings. The second kappa shape index (κ2) is 5.71. The molecule has 19 heavy (non-hydrogen) atoms. The minimum absolute atomic E-state index is 0.314. The topological polar surface area (TPSA) is 74.4 Å². The molecule has 0 radical (unpaired) electrons. The highest BCUT2D eigenvalue weighted by Crippen LogP contribution is 2.32. The van der Waals surface area contributed by atoms with Gasteiger partial charge in [0.2, 0.25) is 0 Å². The lowest BCUT2D eigenvalue weighted by molar-refractivity contribution is 0.0533. The molecule has 6 heteroatoms. The number of carbonyl (C=O) groups excluding carboxylic acids is 1. The highest BCUT2D eigenvalue weighted by atomic mass is 32.1. The third kappa shape index (κ3) is 2.68. The number of nitrogens with two attached hydrogens (primary N) is 1. The fraction of sp³-hybridized carbons (Fsp3) is 0.231. The zero-order valence-electron chi connectivity index (χ0n) is 10.7. The van der Waals surface area contributed by atoms with Crippen molar-refractivity contribution in [1.82, 2.24) is 4.37 Å². The molecule has 0 unspecified atom stereocenters. The fourth-order valence-corrected chi connectivity index (χ4v) is 2.31. The Balaban J connectivity index is 2.32. The molecule has 0 bridgehead atoms. The van der Waals surface area contributed by atoms with Crippen LogP contribution >= 0.6 is 11.5 Å². The van der Waals surface area contributed by atoms with Crippen molar-refractivity contribution >= 4 is 23.2 Å². The first-order chi connectivity index (χ1) is 9.17. The molecule has 2 N–H and O–H groups in total. The molecule has 0 fully saturated rings. The van der Waals surface area contributed by atoms with Crippen LogP contribution in [0.1, 0.15) is 16.6 Å². The highest BCUT2D eigenvalue weighted by Gasteiger charge is 2.19. The maximum absolute atomic E-state index is 11.7. The van der Waals surface area contributed by atoms with Gasteiger partial charge in [0.05, 0.1) is 19.4 Å². The summed E-state index contributed by atoms with van der Waals surface area (Å²) in [4.78, 5) is 12.0. The molecule has 0 aliphatic heterocycles. The number of ether oxygens (including phenoxy) is 2. The van der Waals surface area contributed by atoms with Gasteiger partial charge in [-0.2, -0.15) is 4.37 Å². The summed E-state index contributed by atoms with van der Waals surface area (Å²) < 4.78 is 14.2. The van der Waals surface area contributed by atoms with E-state index < -0.39 is 5.97 Å². The number of aromatic nitrogens is 1. The zero-order chi connectivity index (χ0) is 13.8. The first-order valence-electron chi connectivity index (χ1n) is 5.74. The van der Waals surface area contributed by atoms with Crippen molar-refractivity contribution in [2.75, 3.05) is 19.5 Å². The molecular weight excluding hydrogens is 264 g/mol. The quantitative estimate of drug-likeness (QED) is 0.870. The van der Waals surface area contributed by atoms with Gasteiger partial charge in [-0.25, -0.2) is 4.79 Å². The van der Waals surface area contributed by atoms with Gasteiger partial charge in [-0.05, 0) is 42.7 Å². The van der Waals surface area contributed by atoms with Crippen LogP contribution in [0.2, 0.25) is 0 Å². The molecule has 0 atom stereocenters. The Labute approximate surface area is 115 Å². The summed E-state index contributed by atoms with van der Waals surface area (Å²) in [7, 11) is 1.60. The number of nitrogen functional groups attached to an aromatic ring is 1. The first kappa shape index (κ1) is 13.4. The van der Waals surface area contributed by atoms with E-state index in [1.807, 2.05) is 24.3 Å². The minimum Gasteiger partial charge on any atom is -0.497 e. The number of anilines is 1. The Morgan fingerprint density at radius 3 is 2.63 bits per heavy atom. The number of rotatable bonds is 4. The average Bonchev–Trinajstić information content (AvgIpc) is 2.81. The molecule has 0 amide bonds. The number of carbonyl (C=O) groups is 1. The molecule has 0 aliphatic rings. The maximum atomic E-state index is 11.7. The van der Waals surface area contributed by atoms with Crippen molar-refractivity contribution in [2.45, 2.75) is 6.92 Å². The molecule has 0 spiro atoms. The largest absolute Gasteiger partial charge is 0.497 e. The predicted octanol–water partition coefficient (Wildman–Crippen LogP) is 2.58. The van der Waals surface area contributed by atoms with Gasteiger partial charge in [-0.1, -0.05) is 0 Å². The molecule has 1 aromatic carbocycles. The van der Waals surface area contributed by atoms with E-state index in [0.717, 1.165) is 22.8 Å².